The summed E-state index contributed by atoms with van der Waals surface area (Å²) in [5, 5.41) is 0.643. The standard InChI is InChI=1S/C15H14ClNO/c1-10-5-6-12(14(16)8-10)9-15(18)13-4-3-7-17-11(13)2/h3-8H,9H2,1-2H3. The molecule has 0 aliphatic carbocycles. The molecule has 0 saturated carbocycles. The van der Waals surface area contributed by atoms with E-state index in [0.717, 1.165) is 16.8 Å². The molecule has 3 heteroatoms. The Morgan fingerprint density at radius 1 is 1.28 bits per heavy atom. The van der Waals surface area contributed by atoms with Crippen LogP contribution >= 0.6 is 11.6 Å². The fraction of sp³-hybridized carbons (Fsp3) is 0.200. The Bertz CT molecular complexity index is 593. The summed E-state index contributed by atoms with van der Waals surface area (Å²) in [5.41, 5.74) is 3.36. The van der Waals surface area contributed by atoms with Crippen LogP contribution in [0.2, 0.25) is 5.02 Å². The molecular weight excluding hydrogens is 246 g/mol. The monoisotopic (exact) mass is 259 g/mol. The second kappa shape index (κ2) is 5.32. The van der Waals surface area contributed by atoms with Crippen molar-refractivity contribution in [3.05, 3.63) is 63.9 Å². The van der Waals surface area contributed by atoms with Crippen LogP contribution in [-0.2, 0) is 6.42 Å². The highest BCUT2D eigenvalue weighted by atomic mass is 35.5. The molecule has 1 heterocycles. The molecule has 0 aliphatic heterocycles. The quantitative estimate of drug-likeness (QED) is 0.786. The Labute approximate surface area is 112 Å². The number of Topliss-reactive ketones (excluding diaryl/α,β-unsaturated/α-hetero) is 1. The Balaban J connectivity index is 2.24. The van der Waals surface area contributed by atoms with E-state index in [1.54, 1.807) is 18.3 Å². The minimum absolute atomic E-state index is 0.0475. The number of carbonyl (C=O) groups excluding carboxylic acids is 1. The van der Waals surface area contributed by atoms with Gasteiger partial charge < -0.3 is 0 Å². The third-order valence-corrected chi connectivity index (χ3v) is 3.22. The summed E-state index contributed by atoms with van der Waals surface area (Å²) >= 11 is 6.13. The molecule has 2 aromatic rings. The summed E-state index contributed by atoms with van der Waals surface area (Å²) < 4.78 is 0. The Morgan fingerprint density at radius 2 is 2.06 bits per heavy atom. The third kappa shape index (κ3) is 2.77. The number of ketones is 1. The molecule has 1 aromatic carbocycles. The molecular formula is C15H14ClNO. The summed E-state index contributed by atoms with van der Waals surface area (Å²) in [7, 11) is 0. The van der Waals surface area contributed by atoms with E-state index >= 15 is 0 Å². The van der Waals surface area contributed by atoms with Crippen LogP contribution in [0.5, 0.6) is 0 Å². The number of benzene rings is 1. The van der Waals surface area contributed by atoms with E-state index in [2.05, 4.69) is 4.98 Å². The van der Waals surface area contributed by atoms with Crippen LogP contribution < -0.4 is 0 Å². The number of aromatic nitrogens is 1. The van der Waals surface area contributed by atoms with Crippen molar-refractivity contribution in [2.45, 2.75) is 20.3 Å². The van der Waals surface area contributed by atoms with Crippen LogP contribution in [-0.4, -0.2) is 10.8 Å². The number of rotatable bonds is 3. The Morgan fingerprint density at radius 3 is 2.72 bits per heavy atom. The first kappa shape index (κ1) is 12.8. The van der Waals surface area contributed by atoms with Crippen LogP contribution in [0, 0.1) is 13.8 Å². The smallest absolute Gasteiger partial charge is 0.169 e. The van der Waals surface area contributed by atoms with Crippen LogP contribution in [0.1, 0.15) is 27.2 Å². The van der Waals surface area contributed by atoms with Crippen LogP contribution in [0.15, 0.2) is 36.5 Å². The van der Waals surface area contributed by atoms with Gasteiger partial charge in [-0.25, -0.2) is 0 Å². The van der Waals surface area contributed by atoms with Crippen molar-refractivity contribution in [2.75, 3.05) is 0 Å². The molecule has 0 atom stereocenters. The molecule has 18 heavy (non-hydrogen) atoms. The predicted octanol–water partition coefficient (Wildman–Crippen LogP) is 3.78. The minimum Gasteiger partial charge on any atom is -0.294 e. The summed E-state index contributed by atoms with van der Waals surface area (Å²) in [6, 6.07) is 9.32. The molecule has 2 rings (SSSR count). The van der Waals surface area contributed by atoms with E-state index in [-0.39, 0.29) is 5.78 Å². The van der Waals surface area contributed by atoms with Crippen molar-refractivity contribution in [1.29, 1.82) is 0 Å². The van der Waals surface area contributed by atoms with Crippen molar-refractivity contribution < 1.29 is 4.79 Å². The van der Waals surface area contributed by atoms with E-state index in [4.69, 9.17) is 11.6 Å². The highest BCUT2D eigenvalue weighted by Gasteiger charge is 2.12. The molecule has 0 saturated heterocycles. The first-order valence-electron chi connectivity index (χ1n) is 5.78. The fourth-order valence-electron chi connectivity index (χ4n) is 1.84. The van der Waals surface area contributed by atoms with Crippen molar-refractivity contribution >= 4 is 17.4 Å². The Kier molecular flexibility index (Phi) is 3.78. The van der Waals surface area contributed by atoms with Crippen LogP contribution in [0.25, 0.3) is 0 Å². The molecule has 2 nitrogen and oxygen atoms in total. The molecule has 92 valence electrons. The van der Waals surface area contributed by atoms with Gasteiger partial charge in [0.15, 0.2) is 5.78 Å². The number of pyridine rings is 1. The van der Waals surface area contributed by atoms with Crippen molar-refractivity contribution in [3.8, 4) is 0 Å². The van der Waals surface area contributed by atoms with Gasteiger partial charge in [-0.15, -0.1) is 0 Å². The largest absolute Gasteiger partial charge is 0.294 e. The summed E-state index contributed by atoms with van der Waals surface area (Å²) in [6.45, 7) is 3.81. The van der Waals surface area contributed by atoms with Crippen molar-refractivity contribution in [2.24, 2.45) is 0 Å². The summed E-state index contributed by atoms with van der Waals surface area (Å²) in [4.78, 5) is 16.3. The zero-order valence-corrected chi connectivity index (χ0v) is 11.2. The number of aryl methyl sites for hydroxylation is 2. The van der Waals surface area contributed by atoms with Gasteiger partial charge in [0.25, 0.3) is 0 Å². The SMILES string of the molecule is Cc1ccc(CC(=O)c2cccnc2C)c(Cl)c1. The van der Waals surface area contributed by atoms with Crippen molar-refractivity contribution in [3.63, 3.8) is 0 Å². The molecule has 0 bridgehead atoms. The van der Waals surface area contributed by atoms with Crippen LogP contribution in [0.3, 0.4) is 0 Å². The number of carbonyl (C=O) groups is 1. The zero-order valence-electron chi connectivity index (χ0n) is 10.4. The summed E-state index contributed by atoms with van der Waals surface area (Å²) in [6.07, 6.45) is 2.00. The number of nitrogens with zero attached hydrogens (tertiary/aromatic N) is 1. The molecule has 0 amide bonds. The Hall–Kier alpha value is -1.67. The first-order chi connectivity index (χ1) is 8.58. The molecule has 0 aliphatic rings. The lowest BCUT2D eigenvalue weighted by Gasteiger charge is -2.06. The lowest BCUT2D eigenvalue weighted by molar-refractivity contribution is 0.0992. The van der Waals surface area contributed by atoms with Gasteiger partial charge in [-0.2, -0.15) is 0 Å². The minimum atomic E-state index is 0.0475. The van der Waals surface area contributed by atoms with Gasteiger partial charge >= 0.3 is 0 Å². The lowest BCUT2D eigenvalue weighted by Crippen LogP contribution is -2.07. The maximum atomic E-state index is 12.2. The second-order valence-electron chi connectivity index (χ2n) is 4.33. The highest BCUT2D eigenvalue weighted by molar-refractivity contribution is 6.31. The second-order valence-corrected chi connectivity index (χ2v) is 4.74. The highest BCUT2D eigenvalue weighted by Crippen LogP contribution is 2.20. The average molecular weight is 260 g/mol. The normalized spacial score (nSPS) is 10.4. The molecule has 0 spiro atoms. The van der Waals surface area contributed by atoms with E-state index in [1.165, 1.54) is 0 Å². The number of halogens is 1. The van der Waals surface area contributed by atoms with Crippen molar-refractivity contribution in [1.82, 2.24) is 4.98 Å². The van der Waals surface area contributed by atoms with Gasteiger partial charge in [0.2, 0.25) is 0 Å². The molecule has 0 N–H and O–H groups in total. The van der Waals surface area contributed by atoms with E-state index in [1.807, 2.05) is 32.0 Å². The lowest BCUT2D eigenvalue weighted by atomic mass is 10.0. The third-order valence-electron chi connectivity index (χ3n) is 2.87. The van der Waals surface area contributed by atoms with E-state index < -0.39 is 0 Å². The first-order valence-corrected chi connectivity index (χ1v) is 6.15. The van der Waals surface area contributed by atoms with Crippen LogP contribution in [0.4, 0.5) is 0 Å². The predicted molar refractivity (Wildman–Crippen MR) is 73.2 cm³/mol. The maximum Gasteiger partial charge on any atom is 0.169 e. The fourth-order valence-corrected chi connectivity index (χ4v) is 2.14. The average Bonchev–Trinajstić information content (AvgIpc) is 2.33. The zero-order chi connectivity index (χ0) is 13.1. The topological polar surface area (TPSA) is 30.0 Å². The molecule has 1 aromatic heterocycles. The van der Waals surface area contributed by atoms with E-state index in [0.29, 0.717) is 17.0 Å². The van der Waals surface area contributed by atoms with E-state index in [9.17, 15) is 4.79 Å². The van der Waals surface area contributed by atoms with Gasteiger partial charge in [-0.3, -0.25) is 9.78 Å². The molecule has 0 radical (unpaired) electrons. The van der Waals surface area contributed by atoms with Gasteiger partial charge in [0.05, 0.1) is 0 Å². The molecule has 0 unspecified atom stereocenters. The van der Waals surface area contributed by atoms with Gasteiger partial charge in [-0.05, 0) is 43.2 Å². The summed E-state index contributed by atoms with van der Waals surface area (Å²) in [5.74, 6) is 0.0475. The number of hydrogen-bond acceptors (Lipinski definition) is 2. The molecule has 0 fully saturated rings. The van der Waals surface area contributed by atoms with Gasteiger partial charge in [-0.1, -0.05) is 23.7 Å². The van der Waals surface area contributed by atoms with Gasteiger partial charge in [0, 0.05) is 28.9 Å². The maximum absolute atomic E-state index is 12.2. The number of hydrogen-bond donors (Lipinski definition) is 0. The van der Waals surface area contributed by atoms with Gasteiger partial charge in [0.1, 0.15) is 0 Å².